The molecule has 0 saturated carbocycles. The number of carboxylic acids is 1. The number of thioether (sulfide) groups is 1. The van der Waals surface area contributed by atoms with E-state index in [0.29, 0.717) is 16.5 Å². The molecule has 0 amide bonds. The molecule has 0 unspecified atom stereocenters. The normalized spacial score (nSPS) is 10.4. The molecule has 0 bridgehead atoms. The quantitative estimate of drug-likeness (QED) is 0.688. The predicted molar refractivity (Wildman–Crippen MR) is 69.7 cm³/mol. The number of hydrogen-bond acceptors (Lipinski definition) is 4. The molecule has 1 heterocycles. The number of rotatable bonds is 4. The fraction of sp³-hybridized carbons (Fsp3) is 0.154. The average Bonchev–Trinajstić information content (AvgIpc) is 2.38. The number of aromatic nitrogens is 2. The molecule has 1 N–H and O–H groups in total. The Morgan fingerprint density at radius 2 is 2.05 bits per heavy atom. The molecule has 0 aliphatic heterocycles. The average molecular weight is 278 g/mol. The van der Waals surface area contributed by atoms with Crippen molar-refractivity contribution in [3.05, 3.63) is 53.1 Å². The molecule has 1 aromatic heterocycles. The van der Waals surface area contributed by atoms with Crippen LogP contribution in [0.15, 0.2) is 35.7 Å². The van der Waals surface area contributed by atoms with Crippen molar-refractivity contribution in [2.45, 2.75) is 17.8 Å². The van der Waals surface area contributed by atoms with E-state index >= 15 is 0 Å². The summed E-state index contributed by atoms with van der Waals surface area (Å²) in [6, 6.07) is 3.63. The smallest absolute Gasteiger partial charge is 0.335 e. The minimum absolute atomic E-state index is 0.0982. The number of carbonyl (C=O) groups is 1. The fourth-order valence-corrected chi connectivity index (χ4v) is 2.27. The first-order valence-corrected chi connectivity index (χ1v) is 6.48. The van der Waals surface area contributed by atoms with Gasteiger partial charge in [-0.15, -0.1) is 0 Å². The van der Waals surface area contributed by atoms with Crippen LogP contribution in [0.25, 0.3) is 0 Å². The minimum atomic E-state index is -1.07. The molecular formula is C13H11FN2O2S. The number of aromatic carboxylic acids is 1. The number of nitrogens with zero attached hydrogens (tertiary/aromatic N) is 2. The highest BCUT2D eigenvalue weighted by Crippen LogP contribution is 2.22. The van der Waals surface area contributed by atoms with Crippen LogP contribution in [0.2, 0.25) is 0 Å². The van der Waals surface area contributed by atoms with E-state index < -0.39 is 11.8 Å². The molecular weight excluding hydrogens is 267 g/mol. The zero-order chi connectivity index (χ0) is 13.8. The topological polar surface area (TPSA) is 63.1 Å². The third-order valence-electron chi connectivity index (χ3n) is 2.41. The lowest BCUT2D eigenvalue weighted by molar-refractivity contribution is 0.0696. The molecule has 0 spiro atoms. The van der Waals surface area contributed by atoms with Crippen molar-refractivity contribution in [2.24, 2.45) is 0 Å². The van der Waals surface area contributed by atoms with Crippen molar-refractivity contribution >= 4 is 17.7 Å². The molecule has 0 fully saturated rings. The van der Waals surface area contributed by atoms with Crippen molar-refractivity contribution < 1.29 is 14.3 Å². The van der Waals surface area contributed by atoms with Crippen LogP contribution in [0.1, 0.15) is 21.5 Å². The Morgan fingerprint density at radius 1 is 1.37 bits per heavy atom. The Morgan fingerprint density at radius 3 is 2.68 bits per heavy atom. The molecule has 0 aliphatic rings. The number of benzene rings is 1. The van der Waals surface area contributed by atoms with E-state index in [1.54, 1.807) is 12.4 Å². The molecule has 0 saturated heterocycles. The summed E-state index contributed by atoms with van der Waals surface area (Å²) in [6.07, 6.45) is 3.36. The summed E-state index contributed by atoms with van der Waals surface area (Å²) in [5.74, 6) is -1.21. The third-order valence-corrected chi connectivity index (χ3v) is 3.34. The van der Waals surface area contributed by atoms with E-state index in [1.165, 1.54) is 23.9 Å². The van der Waals surface area contributed by atoms with Crippen molar-refractivity contribution in [1.82, 2.24) is 9.97 Å². The van der Waals surface area contributed by atoms with Gasteiger partial charge in [-0.25, -0.2) is 19.2 Å². The molecule has 1 aromatic carbocycles. The Labute approximate surface area is 113 Å². The van der Waals surface area contributed by atoms with Crippen LogP contribution in [0.3, 0.4) is 0 Å². The van der Waals surface area contributed by atoms with Gasteiger partial charge in [-0.2, -0.15) is 0 Å². The van der Waals surface area contributed by atoms with Crippen LogP contribution in [0.5, 0.6) is 0 Å². The van der Waals surface area contributed by atoms with Crippen LogP contribution < -0.4 is 0 Å². The third kappa shape index (κ3) is 3.51. The van der Waals surface area contributed by atoms with E-state index in [1.807, 2.05) is 6.92 Å². The van der Waals surface area contributed by atoms with E-state index in [0.717, 1.165) is 11.6 Å². The molecule has 4 nitrogen and oxygen atoms in total. The maximum Gasteiger partial charge on any atom is 0.335 e. The predicted octanol–water partition coefficient (Wildman–Crippen LogP) is 2.91. The van der Waals surface area contributed by atoms with E-state index in [4.69, 9.17) is 5.11 Å². The summed E-state index contributed by atoms with van der Waals surface area (Å²) >= 11 is 1.27. The summed E-state index contributed by atoms with van der Waals surface area (Å²) in [4.78, 5) is 19.2. The molecule has 6 heteroatoms. The van der Waals surface area contributed by atoms with Gasteiger partial charge in [0.25, 0.3) is 0 Å². The first-order chi connectivity index (χ1) is 9.06. The van der Waals surface area contributed by atoms with Crippen molar-refractivity contribution in [3.63, 3.8) is 0 Å². The lowest BCUT2D eigenvalue weighted by atomic mass is 10.1. The van der Waals surface area contributed by atoms with Gasteiger partial charge in [0.2, 0.25) is 0 Å². The Hall–Kier alpha value is -1.95. The molecule has 0 aliphatic carbocycles. The van der Waals surface area contributed by atoms with Gasteiger partial charge in [-0.3, -0.25) is 0 Å². The molecule has 2 aromatic rings. The van der Waals surface area contributed by atoms with Crippen molar-refractivity contribution in [3.8, 4) is 0 Å². The maximum absolute atomic E-state index is 13.2. The first kappa shape index (κ1) is 13.5. The Kier molecular flexibility index (Phi) is 4.11. The summed E-state index contributed by atoms with van der Waals surface area (Å²) in [7, 11) is 0. The number of carboxylic acid groups (broad SMARTS) is 1. The van der Waals surface area contributed by atoms with Gasteiger partial charge in [0.15, 0.2) is 5.16 Å². The highest BCUT2D eigenvalue weighted by Gasteiger charge is 2.11. The largest absolute Gasteiger partial charge is 0.478 e. The fourth-order valence-electron chi connectivity index (χ4n) is 1.49. The van der Waals surface area contributed by atoms with Gasteiger partial charge < -0.3 is 5.11 Å². The highest BCUT2D eigenvalue weighted by molar-refractivity contribution is 7.98. The SMILES string of the molecule is Cc1cnc(SCc2cc(F)ccc2C(=O)O)nc1. The van der Waals surface area contributed by atoms with Gasteiger partial charge in [0.1, 0.15) is 5.82 Å². The number of halogens is 1. The van der Waals surface area contributed by atoms with E-state index in [-0.39, 0.29) is 5.56 Å². The van der Waals surface area contributed by atoms with Crippen molar-refractivity contribution in [2.75, 3.05) is 0 Å². The van der Waals surface area contributed by atoms with Gasteiger partial charge in [-0.05, 0) is 36.2 Å². The van der Waals surface area contributed by atoms with Crippen LogP contribution >= 0.6 is 11.8 Å². The van der Waals surface area contributed by atoms with Gasteiger partial charge in [0, 0.05) is 18.1 Å². The van der Waals surface area contributed by atoms with E-state index in [9.17, 15) is 9.18 Å². The zero-order valence-electron chi connectivity index (χ0n) is 10.1. The van der Waals surface area contributed by atoms with E-state index in [2.05, 4.69) is 9.97 Å². The lowest BCUT2D eigenvalue weighted by Gasteiger charge is -2.05. The molecule has 0 radical (unpaired) electrons. The van der Waals surface area contributed by atoms with Gasteiger partial charge >= 0.3 is 5.97 Å². The molecule has 0 atom stereocenters. The first-order valence-electron chi connectivity index (χ1n) is 5.49. The van der Waals surface area contributed by atoms with Crippen LogP contribution in [0.4, 0.5) is 4.39 Å². The van der Waals surface area contributed by atoms with Crippen molar-refractivity contribution in [1.29, 1.82) is 0 Å². The molecule has 19 heavy (non-hydrogen) atoms. The summed E-state index contributed by atoms with van der Waals surface area (Å²) in [5.41, 5.74) is 1.46. The summed E-state index contributed by atoms with van der Waals surface area (Å²) in [5, 5.41) is 9.56. The second kappa shape index (κ2) is 5.79. The second-order valence-electron chi connectivity index (χ2n) is 3.94. The Balaban J connectivity index is 2.16. The maximum atomic E-state index is 13.2. The van der Waals surface area contributed by atoms with Crippen LogP contribution in [-0.4, -0.2) is 21.0 Å². The minimum Gasteiger partial charge on any atom is -0.478 e. The standard InChI is InChI=1S/C13H11FN2O2S/c1-8-5-15-13(16-6-8)19-7-9-4-10(14)2-3-11(9)12(17)18/h2-6H,7H2,1H3,(H,17,18). The van der Waals surface area contributed by atoms with Gasteiger partial charge in [0.05, 0.1) is 5.56 Å². The zero-order valence-corrected chi connectivity index (χ0v) is 10.9. The molecule has 98 valence electrons. The monoisotopic (exact) mass is 278 g/mol. The Bertz CT molecular complexity index is 602. The number of hydrogen-bond donors (Lipinski definition) is 1. The second-order valence-corrected chi connectivity index (χ2v) is 4.88. The highest BCUT2D eigenvalue weighted by atomic mass is 32.2. The summed E-state index contributed by atoms with van der Waals surface area (Å²) in [6.45, 7) is 1.88. The number of aryl methyl sites for hydroxylation is 1. The lowest BCUT2D eigenvalue weighted by Crippen LogP contribution is -2.02. The van der Waals surface area contributed by atoms with Gasteiger partial charge in [-0.1, -0.05) is 11.8 Å². The van der Waals surface area contributed by atoms with Crippen LogP contribution in [0, 0.1) is 12.7 Å². The molecule has 2 rings (SSSR count). The van der Waals surface area contributed by atoms with Crippen LogP contribution in [-0.2, 0) is 5.75 Å². The summed E-state index contributed by atoms with van der Waals surface area (Å²) < 4.78 is 13.2.